The van der Waals surface area contributed by atoms with E-state index in [-0.39, 0.29) is 11.3 Å². The van der Waals surface area contributed by atoms with Crippen molar-refractivity contribution in [1.82, 2.24) is 0 Å². The average molecular weight is 448 g/mol. The number of anilines is 1. The predicted molar refractivity (Wildman–Crippen MR) is 125 cm³/mol. The highest BCUT2D eigenvalue weighted by molar-refractivity contribution is 6.51. The third-order valence-electron chi connectivity index (χ3n) is 5.36. The normalized spacial score (nSPS) is 17.6. The van der Waals surface area contributed by atoms with Crippen molar-refractivity contribution in [3.05, 3.63) is 100 Å². The second-order valence-corrected chi connectivity index (χ2v) is 7.95. The molecule has 1 aliphatic rings. The number of ketones is 1. The van der Waals surface area contributed by atoms with Crippen LogP contribution in [-0.2, 0) is 9.59 Å². The Hall–Kier alpha value is -3.57. The van der Waals surface area contributed by atoms with E-state index in [1.54, 1.807) is 48.5 Å². The van der Waals surface area contributed by atoms with Gasteiger partial charge in [0, 0.05) is 16.3 Å². The lowest BCUT2D eigenvalue weighted by atomic mass is 9.95. The summed E-state index contributed by atoms with van der Waals surface area (Å²) in [5.41, 5.74) is 2.68. The van der Waals surface area contributed by atoms with Gasteiger partial charge < -0.3 is 9.84 Å². The van der Waals surface area contributed by atoms with Crippen LogP contribution in [-0.4, -0.2) is 23.4 Å². The van der Waals surface area contributed by atoms with Crippen LogP contribution in [0.15, 0.2) is 78.4 Å². The number of aryl methyl sites for hydroxylation is 1. The average Bonchev–Trinajstić information content (AvgIpc) is 3.05. The molecule has 1 unspecified atom stereocenters. The van der Waals surface area contributed by atoms with Crippen LogP contribution in [0, 0.1) is 6.92 Å². The lowest BCUT2D eigenvalue weighted by molar-refractivity contribution is -0.132. The third-order valence-corrected chi connectivity index (χ3v) is 5.61. The number of aliphatic hydroxyl groups is 1. The minimum atomic E-state index is -0.811. The number of hydrogen-bond acceptors (Lipinski definition) is 4. The molecule has 1 saturated heterocycles. The highest BCUT2D eigenvalue weighted by atomic mass is 35.5. The number of carbonyl (C=O) groups excluding carboxylic acids is 2. The molecule has 1 N–H and O–H groups in total. The second-order valence-electron chi connectivity index (χ2n) is 7.52. The summed E-state index contributed by atoms with van der Waals surface area (Å²) in [6, 6.07) is 20.2. The molecule has 32 heavy (non-hydrogen) atoms. The van der Waals surface area contributed by atoms with Crippen molar-refractivity contribution in [2.24, 2.45) is 0 Å². The second kappa shape index (κ2) is 8.89. The van der Waals surface area contributed by atoms with Crippen LogP contribution in [0.1, 0.15) is 29.7 Å². The van der Waals surface area contributed by atoms with E-state index in [2.05, 4.69) is 0 Å². The number of carbonyl (C=O) groups is 2. The zero-order chi connectivity index (χ0) is 22.8. The minimum Gasteiger partial charge on any atom is -0.507 e. The number of benzene rings is 3. The molecular formula is C26H22ClNO4. The van der Waals surface area contributed by atoms with Gasteiger partial charge in [0.2, 0.25) is 0 Å². The van der Waals surface area contributed by atoms with Gasteiger partial charge in [0.1, 0.15) is 11.5 Å². The first-order chi connectivity index (χ1) is 15.4. The van der Waals surface area contributed by atoms with Crippen molar-refractivity contribution in [1.29, 1.82) is 0 Å². The molecule has 5 nitrogen and oxygen atoms in total. The van der Waals surface area contributed by atoms with Crippen molar-refractivity contribution < 1.29 is 19.4 Å². The maximum atomic E-state index is 13.2. The van der Waals surface area contributed by atoms with Gasteiger partial charge >= 0.3 is 0 Å². The van der Waals surface area contributed by atoms with Crippen molar-refractivity contribution >= 4 is 34.7 Å². The first-order valence-electron chi connectivity index (χ1n) is 10.3. The van der Waals surface area contributed by atoms with Crippen LogP contribution in [0.25, 0.3) is 5.76 Å². The fourth-order valence-corrected chi connectivity index (χ4v) is 3.95. The Balaban J connectivity index is 1.93. The number of ether oxygens (including phenoxy) is 1. The summed E-state index contributed by atoms with van der Waals surface area (Å²) in [7, 11) is 0. The van der Waals surface area contributed by atoms with Gasteiger partial charge in [0.15, 0.2) is 0 Å². The molecule has 162 valence electrons. The molecule has 0 radical (unpaired) electrons. The quantitative estimate of drug-likeness (QED) is 0.310. The lowest BCUT2D eigenvalue weighted by Crippen LogP contribution is -2.29. The Morgan fingerprint density at radius 2 is 1.72 bits per heavy atom. The summed E-state index contributed by atoms with van der Waals surface area (Å²) in [5.74, 6) is -1.08. The first kappa shape index (κ1) is 21.7. The van der Waals surface area contributed by atoms with Crippen LogP contribution < -0.4 is 9.64 Å². The fraction of sp³-hybridized carbons (Fsp3) is 0.154. The van der Waals surface area contributed by atoms with Crippen LogP contribution >= 0.6 is 11.6 Å². The van der Waals surface area contributed by atoms with E-state index in [1.807, 2.05) is 38.1 Å². The van der Waals surface area contributed by atoms with Crippen LogP contribution in [0.2, 0.25) is 5.02 Å². The number of rotatable bonds is 5. The van der Waals surface area contributed by atoms with E-state index >= 15 is 0 Å². The predicted octanol–water partition coefficient (Wildman–Crippen LogP) is 5.67. The molecule has 0 bridgehead atoms. The molecule has 0 saturated carbocycles. The SMILES string of the molecule is CCOc1cccc(C2/C(=C(/O)c3ccc(Cl)cc3)C(=O)C(=O)N2c2ccc(C)cc2)c1. The van der Waals surface area contributed by atoms with Gasteiger partial charge in [0.05, 0.1) is 18.2 Å². The molecule has 1 atom stereocenters. The van der Waals surface area contributed by atoms with E-state index in [1.165, 1.54) is 4.90 Å². The first-order valence-corrected chi connectivity index (χ1v) is 10.6. The lowest BCUT2D eigenvalue weighted by Gasteiger charge is -2.26. The Kier molecular flexibility index (Phi) is 6.01. The molecule has 1 aliphatic heterocycles. The number of amides is 1. The van der Waals surface area contributed by atoms with E-state index in [0.717, 1.165) is 5.56 Å². The van der Waals surface area contributed by atoms with Gasteiger partial charge in [-0.3, -0.25) is 14.5 Å². The van der Waals surface area contributed by atoms with E-state index in [9.17, 15) is 14.7 Å². The fourth-order valence-electron chi connectivity index (χ4n) is 3.82. The molecule has 3 aromatic carbocycles. The summed E-state index contributed by atoms with van der Waals surface area (Å²) in [5, 5.41) is 11.6. The summed E-state index contributed by atoms with van der Waals surface area (Å²) >= 11 is 5.97. The summed E-state index contributed by atoms with van der Waals surface area (Å²) in [6.07, 6.45) is 0. The molecule has 1 heterocycles. The van der Waals surface area contributed by atoms with Crippen LogP contribution in [0.4, 0.5) is 5.69 Å². The molecule has 0 aromatic heterocycles. The maximum Gasteiger partial charge on any atom is 0.300 e. The van der Waals surface area contributed by atoms with Gasteiger partial charge in [-0.05, 0) is 67.9 Å². The smallest absolute Gasteiger partial charge is 0.300 e. The Bertz CT molecular complexity index is 1200. The van der Waals surface area contributed by atoms with Crippen molar-refractivity contribution in [2.45, 2.75) is 19.9 Å². The van der Waals surface area contributed by atoms with Crippen molar-refractivity contribution in [2.75, 3.05) is 11.5 Å². The minimum absolute atomic E-state index is 0.0199. The van der Waals surface area contributed by atoms with Gasteiger partial charge in [-0.2, -0.15) is 0 Å². The Morgan fingerprint density at radius 3 is 2.38 bits per heavy atom. The number of nitrogens with zero attached hydrogens (tertiary/aromatic N) is 1. The Morgan fingerprint density at radius 1 is 1.03 bits per heavy atom. The standard InChI is InChI=1S/C26H22ClNO4/c1-3-32-21-6-4-5-18(15-21)23-22(24(29)17-9-11-19(27)12-10-17)25(30)26(31)28(23)20-13-7-16(2)8-14-20/h4-15,23,29H,3H2,1-2H3/b24-22-. The van der Waals surface area contributed by atoms with Gasteiger partial charge in [-0.1, -0.05) is 41.4 Å². The highest BCUT2D eigenvalue weighted by Gasteiger charge is 2.47. The summed E-state index contributed by atoms with van der Waals surface area (Å²) in [6.45, 7) is 4.31. The number of aliphatic hydroxyl groups excluding tert-OH is 1. The summed E-state index contributed by atoms with van der Waals surface area (Å²) in [4.78, 5) is 27.8. The number of halogens is 1. The van der Waals surface area contributed by atoms with Gasteiger partial charge in [0.25, 0.3) is 11.7 Å². The number of Topliss-reactive ketones (excluding diaryl/α,β-unsaturated/α-hetero) is 1. The largest absolute Gasteiger partial charge is 0.507 e. The molecule has 3 aromatic rings. The van der Waals surface area contributed by atoms with Crippen LogP contribution in [0.3, 0.4) is 0 Å². The zero-order valence-electron chi connectivity index (χ0n) is 17.7. The molecule has 1 fully saturated rings. The molecule has 4 rings (SSSR count). The number of hydrogen-bond donors (Lipinski definition) is 1. The van der Waals surface area contributed by atoms with Gasteiger partial charge in [-0.25, -0.2) is 0 Å². The zero-order valence-corrected chi connectivity index (χ0v) is 18.5. The topological polar surface area (TPSA) is 66.8 Å². The molecule has 0 aliphatic carbocycles. The van der Waals surface area contributed by atoms with Crippen molar-refractivity contribution in [3.63, 3.8) is 0 Å². The van der Waals surface area contributed by atoms with Crippen molar-refractivity contribution in [3.8, 4) is 5.75 Å². The Labute approximate surface area is 191 Å². The monoisotopic (exact) mass is 447 g/mol. The van der Waals surface area contributed by atoms with Gasteiger partial charge in [-0.15, -0.1) is 0 Å². The van der Waals surface area contributed by atoms with E-state index in [4.69, 9.17) is 16.3 Å². The van der Waals surface area contributed by atoms with Crippen LogP contribution in [0.5, 0.6) is 5.75 Å². The third kappa shape index (κ3) is 3.99. The maximum absolute atomic E-state index is 13.2. The summed E-state index contributed by atoms with van der Waals surface area (Å²) < 4.78 is 5.63. The van der Waals surface area contributed by atoms with E-state index in [0.29, 0.717) is 34.2 Å². The highest BCUT2D eigenvalue weighted by Crippen LogP contribution is 2.42. The molecule has 1 amide bonds. The molecular weight excluding hydrogens is 426 g/mol. The molecule has 6 heteroatoms. The molecule has 0 spiro atoms. The van der Waals surface area contributed by atoms with E-state index < -0.39 is 17.7 Å².